The van der Waals surface area contributed by atoms with E-state index in [0.29, 0.717) is 35.0 Å². The number of allylic oxidation sites excluding steroid dienone is 4. The molecule has 3 aromatic rings. The molecule has 0 bridgehead atoms. The number of phenols is 1. The molecule has 59 heavy (non-hydrogen) atoms. The summed E-state index contributed by atoms with van der Waals surface area (Å²) in [7, 11) is 0. The molecule has 2 unspecified atom stereocenters. The molecule has 0 aromatic heterocycles. The minimum absolute atomic E-state index is 0.0625. The molecule has 3 fully saturated rings. The lowest BCUT2D eigenvalue weighted by Crippen LogP contribution is -2.52. The molecule has 4 aliphatic heterocycles. The third-order valence-corrected chi connectivity index (χ3v) is 13.8. The lowest BCUT2D eigenvalue weighted by Gasteiger charge is -2.39. The number of hydrogen-bond donors (Lipinski definition) is 2. The maximum absolute atomic E-state index is 13.6. The normalized spacial score (nSPS) is 25.1. The predicted molar refractivity (Wildman–Crippen MR) is 222 cm³/mol. The van der Waals surface area contributed by atoms with Crippen LogP contribution < -0.4 is 19.9 Å². The molecule has 4 heterocycles. The first-order valence-electron chi connectivity index (χ1n) is 21.4. The fraction of sp³-hybridized carbons (Fsp3) is 0.468. The van der Waals surface area contributed by atoms with Crippen LogP contribution in [0.15, 0.2) is 78.9 Å². The van der Waals surface area contributed by atoms with Crippen LogP contribution in [0.3, 0.4) is 0 Å². The van der Waals surface area contributed by atoms with Crippen LogP contribution in [0.2, 0.25) is 0 Å². The smallest absolute Gasteiger partial charge is 0.387 e. The number of aromatic hydroxyl groups is 1. The van der Waals surface area contributed by atoms with Crippen molar-refractivity contribution < 1.29 is 33.0 Å². The van der Waals surface area contributed by atoms with Gasteiger partial charge in [-0.25, -0.2) is 0 Å². The van der Waals surface area contributed by atoms with Crippen LogP contribution in [0.4, 0.5) is 20.2 Å². The van der Waals surface area contributed by atoms with Crippen LogP contribution in [0, 0.1) is 17.8 Å². The van der Waals surface area contributed by atoms with Gasteiger partial charge in [-0.15, -0.1) is 0 Å². The van der Waals surface area contributed by atoms with E-state index in [0.717, 1.165) is 90.0 Å². The number of halogens is 2. The molecule has 0 saturated carbocycles. The third kappa shape index (κ3) is 8.20. The Kier molecular flexibility index (Phi) is 11.2. The maximum atomic E-state index is 13.6. The van der Waals surface area contributed by atoms with Gasteiger partial charge in [-0.3, -0.25) is 24.6 Å². The van der Waals surface area contributed by atoms with E-state index in [2.05, 4.69) is 74.7 Å². The van der Waals surface area contributed by atoms with Crippen LogP contribution in [-0.4, -0.2) is 91.1 Å². The van der Waals surface area contributed by atoms with Gasteiger partial charge in [-0.2, -0.15) is 8.78 Å². The Morgan fingerprint density at radius 2 is 1.59 bits per heavy atom. The number of imide groups is 1. The first-order valence-corrected chi connectivity index (χ1v) is 21.4. The second-order valence-electron chi connectivity index (χ2n) is 17.2. The van der Waals surface area contributed by atoms with Gasteiger partial charge in [0.25, 0.3) is 5.91 Å². The number of ether oxygens (including phenoxy) is 1. The highest BCUT2D eigenvalue weighted by molar-refractivity contribution is 6.06. The lowest BCUT2D eigenvalue weighted by molar-refractivity contribution is -0.136. The number of anilines is 2. The van der Waals surface area contributed by atoms with Crippen molar-refractivity contribution in [2.45, 2.75) is 76.5 Å². The quantitative estimate of drug-likeness (QED) is 0.211. The zero-order chi connectivity index (χ0) is 40.6. The number of carbonyl (C=O) groups is 3. The van der Waals surface area contributed by atoms with Crippen LogP contribution in [0.5, 0.6) is 11.5 Å². The number of piperidine rings is 2. The first kappa shape index (κ1) is 39.2. The molecular formula is C47H53F2N5O5. The number of aryl methyl sites for hydroxylation is 1. The number of rotatable bonds is 10. The van der Waals surface area contributed by atoms with Crippen LogP contribution in [0.25, 0.3) is 0 Å². The molecule has 2 N–H and O–H groups in total. The zero-order valence-electron chi connectivity index (χ0n) is 33.4. The van der Waals surface area contributed by atoms with Crippen molar-refractivity contribution in [3.05, 3.63) is 107 Å². The second kappa shape index (κ2) is 16.8. The van der Waals surface area contributed by atoms with E-state index in [-0.39, 0.29) is 36.6 Å². The minimum atomic E-state index is -3.10. The number of alkyl halides is 2. The molecule has 0 spiro atoms. The van der Waals surface area contributed by atoms with Gasteiger partial charge in [0.15, 0.2) is 0 Å². The van der Waals surface area contributed by atoms with Gasteiger partial charge in [0.1, 0.15) is 17.5 Å². The number of nitrogens with one attached hydrogen (secondary N) is 1. The van der Waals surface area contributed by atoms with Crippen molar-refractivity contribution in [1.82, 2.24) is 15.1 Å². The molecule has 10 nitrogen and oxygen atoms in total. The van der Waals surface area contributed by atoms with Gasteiger partial charge in [0.05, 0.1) is 5.56 Å². The van der Waals surface area contributed by atoms with Gasteiger partial charge in [0.2, 0.25) is 11.8 Å². The average molecular weight is 806 g/mol. The fourth-order valence-corrected chi connectivity index (χ4v) is 10.6. The summed E-state index contributed by atoms with van der Waals surface area (Å²) in [6.07, 6.45) is 16.0. The minimum Gasteiger partial charge on any atom is -0.508 e. The second-order valence-corrected chi connectivity index (χ2v) is 17.2. The number of amides is 3. The number of fused-ring (bicyclic) bond motifs is 2. The molecule has 3 aromatic carbocycles. The summed E-state index contributed by atoms with van der Waals surface area (Å²) in [6.45, 7) is 3.20. The number of benzene rings is 3. The van der Waals surface area contributed by atoms with E-state index in [1.165, 1.54) is 33.3 Å². The van der Waals surface area contributed by atoms with E-state index < -0.39 is 24.5 Å². The van der Waals surface area contributed by atoms with E-state index in [1.807, 2.05) is 18.2 Å². The van der Waals surface area contributed by atoms with Gasteiger partial charge >= 0.3 is 6.61 Å². The SMILES string of the molecule is O=C1CCC(N2Cc3cc(N4CCN(CCC5CCN(c6ccc([C@@H]7c8ccc(O)cc8CC[C@@H]7C7C=CC=CC7)cc6)CC5)CC4)cc(OC(F)F)c3C2=O)C(=O)N1. The molecule has 3 amide bonds. The molecule has 6 aliphatic rings. The number of carbonyl (C=O) groups excluding carboxylic acids is 3. The van der Waals surface area contributed by atoms with Gasteiger partial charge in [-0.05, 0) is 122 Å². The molecule has 9 rings (SSSR count). The monoisotopic (exact) mass is 805 g/mol. The van der Waals surface area contributed by atoms with E-state index in [1.54, 1.807) is 0 Å². The number of phenolic OH excluding ortho intramolecular Hbond substituents is 1. The van der Waals surface area contributed by atoms with Gasteiger partial charge in [0, 0.05) is 75.6 Å². The lowest BCUT2D eigenvalue weighted by atomic mass is 9.66. The molecule has 3 saturated heterocycles. The predicted octanol–water partition coefficient (Wildman–Crippen LogP) is 7.01. The Bertz CT molecular complexity index is 2120. The summed E-state index contributed by atoms with van der Waals surface area (Å²) < 4.78 is 32.0. The summed E-state index contributed by atoms with van der Waals surface area (Å²) in [4.78, 5) is 46.2. The van der Waals surface area contributed by atoms with Gasteiger partial charge in [-0.1, -0.05) is 42.5 Å². The van der Waals surface area contributed by atoms with Crippen LogP contribution in [-0.2, 0) is 22.6 Å². The average Bonchev–Trinajstić information content (AvgIpc) is 3.58. The Balaban J connectivity index is 0.777. The molecule has 12 heteroatoms. The Morgan fingerprint density at radius 1 is 0.814 bits per heavy atom. The van der Waals surface area contributed by atoms with Crippen molar-refractivity contribution in [3.63, 3.8) is 0 Å². The van der Waals surface area contributed by atoms with Gasteiger partial charge < -0.3 is 24.5 Å². The van der Waals surface area contributed by atoms with Crippen LogP contribution in [0.1, 0.15) is 83.5 Å². The summed E-state index contributed by atoms with van der Waals surface area (Å²) >= 11 is 0. The van der Waals surface area contributed by atoms with Crippen molar-refractivity contribution in [2.24, 2.45) is 17.8 Å². The summed E-state index contributed by atoms with van der Waals surface area (Å²) in [5.41, 5.74) is 6.59. The molecule has 0 radical (unpaired) electrons. The highest BCUT2D eigenvalue weighted by Crippen LogP contribution is 2.47. The number of hydrogen-bond acceptors (Lipinski definition) is 8. The zero-order valence-corrected chi connectivity index (χ0v) is 33.4. The number of piperazine rings is 1. The summed E-state index contributed by atoms with van der Waals surface area (Å²) in [5, 5.41) is 12.5. The fourth-order valence-electron chi connectivity index (χ4n) is 10.6. The maximum Gasteiger partial charge on any atom is 0.387 e. The van der Waals surface area contributed by atoms with E-state index in [4.69, 9.17) is 4.74 Å². The Hall–Kier alpha value is -5.23. The van der Waals surface area contributed by atoms with Crippen molar-refractivity contribution in [3.8, 4) is 11.5 Å². The number of nitrogens with zero attached hydrogens (tertiary/aromatic N) is 4. The largest absolute Gasteiger partial charge is 0.508 e. The molecular weight excluding hydrogens is 753 g/mol. The topological polar surface area (TPSA) is 106 Å². The van der Waals surface area contributed by atoms with Crippen LogP contribution >= 0.6 is 0 Å². The molecule has 2 aliphatic carbocycles. The van der Waals surface area contributed by atoms with Crippen molar-refractivity contribution >= 4 is 29.1 Å². The van der Waals surface area contributed by atoms with Crippen molar-refractivity contribution in [2.75, 3.05) is 55.6 Å². The standard InChI is InChI=1S/C47H53F2N5O5/c48-47(49)59-41-28-36(26-34-29-54(46(58)44(34)41)40-14-15-42(56)50-45(40)57)53-24-22-51(23-25-53)19-16-30-17-20-52(21-18-30)35-9-6-32(7-10-35)43-38(31-4-2-1-3-5-31)12-8-33-27-37(55)11-13-39(33)43/h1-4,6-7,9-11,13,26-28,30-31,38,40,43,47,55H,5,8,12,14-25,29H2,(H,50,56,57)/t31?,38-,40?,43+/m1/s1. The highest BCUT2D eigenvalue weighted by Gasteiger charge is 2.42. The van der Waals surface area contributed by atoms with Crippen molar-refractivity contribution in [1.29, 1.82) is 0 Å². The summed E-state index contributed by atoms with van der Waals surface area (Å²) in [6, 6.07) is 17.8. The van der Waals surface area contributed by atoms with E-state index >= 15 is 0 Å². The highest BCUT2D eigenvalue weighted by atomic mass is 19.3. The third-order valence-electron chi connectivity index (χ3n) is 13.8. The summed E-state index contributed by atoms with van der Waals surface area (Å²) in [5.74, 6) is 0.700. The Labute approximate surface area is 344 Å². The Morgan fingerprint density at radius 3 is 2.32 bits per heavy atom. The van der Waals surface area contributed by atoms with E-state index in [9.17, 15) is 28.3 Å². The molecule has 310 valence electrons. The first-order chi connectivity index (χ1) is 28.7. The molecule has 4 atom stereocenters.